The van der Waals surface area contributed by atoms with Gasteiger partial charge in [-0.05, 0) is 25.2 Å². The van der Waals surface area contributed by atoms with Gasteiger partial charge in [-0.2, -0.15) is 5.10 Å². The van der Waals surface area contributed by atoms with Gasteiger partial charge in [0.05, 0.1) is 5.69 Å². The van der Waals surface area contributed by atoms with Crippen molar-refractivity contribution in [3.63, 3.8) is 0 Å². The van der Waals surface area contributed by atoms with Gasteiger partial charge in [-0.15, -0.1) is 0 Å². The highest BCUT2D eigenvalue weighted by molar-refractivity contribution is 5.85. The third kappa shape index (κ3) is 1.92. The van der Waals surface area contributed by atoms with E-state index in [1.54, 1.807) is 0 Å². The van der Waals surface area contributed by atoms with Crippen molar-refractivity contribution < 1.29 is 4.79 Å². The maximum absolute atomic E-state index is 12.7. The molecule has 1 aliphatic heterocycles. The first kappa shape index (κ1) is 14.3. The van der Waals surface area contributed by atoms with Gasteiger partial charge in [0.15, 0.2) is 0 Å². The molecule has 24 heavy (non-hydrogen) atoms. The van der Waals surface area contributed by atoms with E-state index in [9.17, 15) is 4.79 Å². The van der Waals surface area contributed by atoms with Crippen LogP contribution in [0.1, 0.15) is 36.9 Å². The average molecular weight is 321 g/mol. The van der Waals surface area contributed by atoms with E-state index < -0.39 is 0 Å². The summed E-state index contributed by atoms with van der Waals surface area (Å²) >= 11 is 0. The fraction of sp³-hybridized carbons (Fsp3) is 0.500. The van der Waals surface area contributed by atoms with Crippen LogP contribution in [-0.4, -0.2) is 33.7 Å². The van der Waals surface area contributed by atoms with Gasteiger partial charge < -0.3 is 4.90 Å². The highest BCUT2D eigenvalue weighted by atomic mass is 16.2. The Kier molecular flexibility index (Phi) is 2.80. The molecule has 1 aromatic carbocycles. The number of fused-ring (bicyclic) bond motifs is 3. The third-order valence-corrected chi connectivity index (χ3v) is 6.32. The van der Waals surface area contributed by atoms with Crippen LogP contribution in [0.3, 0.4) is 0 Å². The van der Waals surface area contributed by atoms with Crippen LogP contribution < -0.4 is 0 Å². The molecule has 0 N–H and O–H groups in total. The van der Waals surface area contributed by atoms with E-state index in [-0.39, 0.29) is 5.41 Å². The van der Waals surface area contributed by atoms with Gasteiger partial charge >= 0.3 is 0 Å². The smallest absolute Gasteiger partial charge is 0.228 e. The number of carbonyl (C=O) groups excluding carboxylic acids is 1. The standard InChI is InChI=1S/C20H23N3O/c1-20(8-9-20)19(24)23-11-14-10-16-17(15(14)12-23)18(21-22(16)2)13-6-4-3-5-7-13/h3-7,14-15H,8-12H2,1-2H3/t14-,15+/m1/s1. The van der Waals surface area contributed by atoms with Crippen molar-refractivity contribution in [2.45, 2.75) is 32.1 Å². The Balaban J connectivity index is 1.50. The first-order chi connectivity index (χ1) is 11.6. The second-order valence-corrected chi connectivity index (χ2v) is 8.04. The van der Waals surface area contributed by atoms with Crippen molar-refractivity contribution in [1.29, 1.82) is 0 Å². The summed E-state index contributed by atoms with van der Waals surface area (Å²) in [5.74, 6) is 1.40. The lowest BCUT2D eigenvalue weighted by Gasteiger charge is -2.21. The number of likely N-dealkylation sites (tertiary alicyclic amines) is 1. The van der Waals surface area contributed by atoms with Crippen LogP contribution in [0.15, 0.2) is 30.3 Å². The molecule has 2 aliphatic carbocycles. The van der Waals surface area contributed by atoms with E-state index in [1.165, 1.54) is 16.8 Å². The number of aromatic nitrogens is 2. The van der Waals surface area contributed by atoms with Crippen molar-refractivity contribution in [2.24, 2.45) is 18.4 Å². The first-order valence-electron chi connectivity index (χ1n) is 8.97. The molecule has 2 fully saturated rings. The predicted octanol–water partition coefficient (Wildman–Crippen LogP) is 2.99. The minimum Gasteiger partial charge on any atom is -0.341 e. The Morgan fingerprint density at radius 3 is 2.67 bits per heavy atom. The molecule has 1 aromatic heterocycles. The Bertz CT molecular complexity index is 819. The molecular weight excluding hydrogens is 298 g/mol. The zero-order valence-corrected chi connectivity index (χ0v) is 14.3. The molecule has 4 nitrogen and oxygen atoms in total. The second-order valence-electron chi connectivity index (χ2n) is 8.04. The quantitative estimate of drug-likeness (QED) is 0.853. The molecule has 2 heterocycles. The number of nitrogens with zero attached hydrogens (tertiary/aromatic N) is 3. The molecule has 2 atom stereocenters. The summed E-state index contributed by atoms with van der Waals surface area (Å²) in [5.41, 5.74) is 5.01. The average Bonchev–Trinajstić information content (AvgIpc) is 2.94. The van der Waals surface area contributed by atoms with E-state index in [0.29, 0.717) is 17.7 Å². The summed E-state index contributed by atoms with van der Waals surface area (Å²) in [5, 5.41) is 4.81. The zero-order chi connectivity index (χ0) is 16.5. The van der Waals surface area contributed by atoms with Crippen LogP contribution in [-0.2, 0) is 18.3 Å². The minimum absolute atomic E-state index is 0.0569. The van der Waals surface area contributed by atoms with Crippen LogP contribution in [0.2, 0.25) is 0 Å². The Hall–Kier alpha value is -2.10. The monoisotopic (exact) mass is 321 g/mol. The maximum Gasteiger partial charge on any atom is 0.228 e. The van der Waals surface area contributed by atoms with Crippen molar-refractivity contribution in [3.05, 3.63) is 41.6 Å². The molecule has 3 aliphatic rings. The lowest BCUT2D eigenvalue weighted by atomic mass is 9.94. The van der Waals surface area contributed by atoms with Crippen molar-refractivity contribution in [3.8, 4) is 11.3 Å². The van der Waals surface area contributed by atoms with Gasteiger partial charge in [0.2, 0.25) is 5.91 Å². The SMILES string of the molecule is Cn1nc(-c2ccccc2)c2c1C[C@@H]1CN(C(=O)C3(C)CC3)C[C@H]21. The van der Waals surface area contributed by atoms with Gasteiger partial charge in [-0.25, -0.2) is 0 Å². The molecule has 4 heteroatoms. The summed E-state index contributed by atoms with van der Waals surface area (Å²) in [7, 11) is 2.06. The van der Waals surface area contributed by atoms with Gasteiger partial charge in [-0.3, -0.25) is 9.48 Å². The van der Waals surface area contributed by atoms with E-state index in [2.05, 4.69) is 47.8 Å². The number of benzene rings is 1. The zero-order valence-electron chi connectivity index (χ0n) is 14.3. The topological polar surface area (TPSA) is 38.1 Å². The Morgan fingerprint density at radius 1 is 1.21 bits per heavy atom. The van der Waals surface area contributed by atoms with Crippen molar-refractivity contribution in [1.82, 2.24) is 14.7 Å². The summed E-state index contributed by atoms with van der Waals surface area (Å²) in [6.07, 6.45) is 3.17. The van der Waals surface area contributed by atoms with E-state index >= 15 is 0 Å². The largest absolute Gasteiger partial charge is 0.341 e. The van der Waals surface area contributed by atoms with E-state index in [1.807, 2.05) is 6.07 Å². The fourth-order valence-electron chi connectivity index (χ4n) is 4.62. The number of hydrogen-bond donors (Lipinski definition) is 0. The second kappa shape index (κ2) is 4.71. The van der Waals surface area contributed by atoms with E-state index in [0.717, 1.165) is 38.0 Å². The minimum atomic E-state index is -0.0569. The lowest BCUT2D eigenvalue weighted by Crippen LogP contribution is -2.35. The Labute approximate surface area is 142 Å². The first-order valence-corrected chi connectivity index (χ1v) is 8.97. The van der Waals surface area contributed by atoms with Gasteiger partial charge in [0.25, 0.3) is 0 Å². The number of carbonyl (C=O) groups is 1. The Morgan fingerprint density at radius 2 is 1.96 bits per heavy atom. The molecule has 0 bridgehead atoms. The van der Waals surface area contributed by atoms with Crippen LogP contribution >= 0.6 is 0 Å². The molecule has 1 amide bonds. The molecule has 0 radical (unpaired) electrons. The lowest BCUT2D eigenvalue weighted by molar-refractivity contribution is -0.135. The molecule has 1 saturated heterocycles. The molecule has 124 valence electrons. The van der Waals surface area contributed by atoms with Gasteiger partial charge in [0.1, 0.15) is 0 Å². The molecule has 0 spiro atoms. The maximum atomic E-state index is 12.7. The summed E-state index contributed by atoms with van der Waals surface area (Å²) in [6, 6.07) is 10.5. The predicted molar refractivity (Wildman–Crippen MR) is 92.5 cm³/mol. The van der Waals surface area contributed by atoms with Crippen molar-refractivity contribution >= 4 is 5.91 Å². The third-order valence-electron chi connectivity index (χ3n) is 6.32. The molecule has 0 unspecified atom stereocenters. The fourth-order valence-corrected chi connectivity index (χ4v) is 4.62. The molecule has 5 rings (SSSR count). The van der Waals surface area contributed by atoms with Crippen LogP contribution in [0, 0.1) is 11.3 Å². The normalized spacial score (nSPS) is 26.3. The number of amides is 1. The molecule has 2 aromatic rings. The number of aryl methyl sites for hydroxylation is 1. The highest BCUT2D eigenvalue weighted by Crippen LogP contribution is 2.51. The molecule has 1 saturated carbocycles. The summed E-state index contributed by atoms with van der Waals surface area (Å²) in [4.78, 5) is 14.9. The van der Waals surface area contributed by atoms with Crippen LogP contribution in [0.5, 0.6) is 0 Å². The highest BCUT2D eigenvalue weighted by Gasteiger charge is 2.52. The summed E-state index contributed by atoms with van der Waals surface area (Å²) in [6.45, 7) is 3.91. The van der Waals surface area contributed by atoms with Crippen molar-refractivity contribution in [2.75, 3.05) is 13.1 Å². The van der Waals surface area contributed by atoms with E-state index in [4.69, 9.17) is 5.10 Å². The van der Waals surface area contributed by atoms with Gasteiger partial charge in [-0.1, -0.05) is 37.3 Å². The van der Waals surface area contributed by atoms with Crippen LogP contribution in [0.25, 0.3) is 11.3 Å². The van der Waals surface area contributed by atoms with Gasteiger partial charge in [0, 0.05) is 48.3 Å². The number of hydrogen-bond acceptors (Lipinski definition) is 2. The molecular formula is C20H23N3O. The summed E-state index contributed by atoms with van der Waals surface area (Å²) < 4.78 is 2.06. The van der Waals surface area contributed by atoms with Crippen LogP contribution in [0.4, 0.5) is 0 Å². The number of rotatable bonds is 2.